The number of fused-ring (bicyclic) bond motifs is 1. The summed E-state index contributed by atoms with van der Waals surface area (Å²) in [5.41, 5.74) is 3.42. The second kappa shape index (κ2) is 7.15. The molecule has 13 heteroatoms. The van der Waals surface area contributed by atoms with E-state index in [4.69, 9.17) is 24.0 Å². The number of benzene rings is 1. The third-order valence-electron chi connectivity index (χ3n) is 4.67. The molecule has 1 unspecified atom stereocenters. The largest absolute Gasteiger partial charge is 0.530 e. The summed E-state index contributed by atoms with van der Waals surface area (Å²) in [5, 5.41) is 9.79. The lowest BCUT2D eigenvalue weighted by Crippen LogP contribution is -2.47. The molecule has 2 aromatic rings. The van der Waals surface area contributed by atoms with Crippen LogP contribution in [-0.2, 0) is 30.7 Å². The van der Waals surface area contributed by atoms with Gasteiger partial charge < -0.3 is 20.1 Å². The predicted octanol–water partition coefficient (Wildman–Crippen LogP) is 1.08. The van der Waals surface area contributed by atoms with E-state index in [0.717, 1.165) is 10.9 Å². The number of halogens is 1. The number of phosphoric acid groups is 1. The molecule has 1 aromatic heterocycles. The average Bonchev–Trinajstić information content (AvgIpc) is 3.05. The number of ether oxygens (including phenoxy) is 1. The van der Waals surface area contributed by atoms with Crippen LogP contribution in [0.1, 0.15) is 18.4 Å². The van der Waals surface area contributed by atoms with E-state index >= 15 is 4.39 Å². The van der Waals surface area contributed by atoms with Gasteiger partial charge in [0.15, 0.2) is 5.72 Å². The maximum absolute atomic E-state index is 15.2. The number of aliphatic hydroxyl groups is 1. The number of nitrogens with zero attached hydrogens (tertiary/aromatic N) is 3. The molecule has 1 aromatic carbocycles. The molecule has 1 saturated heterocycles. The number of aliphatic hydroxyl groups excluding tert-OH is 1. The summed E-state index contributed by atoms with van der Waals surface area (Å²) in [6.45, 7) is -1.56. The van der Waals surface area contributed by atoms with Crippen LogP contribution >= 0.6 is 7.82 Å². The fourth-order valence-corrected chi connectivity index (χ4v) is 4.40. The molecule has 2 aliphatic heterocycles. The van der Waals surface area contributed by atoms with Gasteiger partial charge in [0.25, 0.3) is 0 Å². The van der Waals surface area contributed by atoms with Crippen LogP contribution in [0.3, 0.4) is 0 Å². The molecule has 0 bridgehead atoms. The van der Waals surface area contributed by atoms with Crippen molar-refractivity contribution in [2.24, 2.45) is 0 Å². The van der Waals surface area contributed by atoms with Gasteiger partial charge in [-0.1, -0.05) is 18.2 Å². The van der Waals surface area contributed by atoms with Gasteiger partial charge in [0.1, 0.15) is 18.7 Å². The smallest absolute Gasteiger partial charge is 0.404 e. The maximum Gasteiger partial charge on any atom is 0.530 e. The highest BCUT2D eigenvalue weighted by Crippen LogP contribution is 2.55. The summed E-state index contributed by atoms with van der Waals surface area (Å²) in [4.78, 5) is 19.2. The predicted molar refractivity (Wildman–Crippen MR) is 95.3 cm³/mol. The number of phosphoric ester groups is 1. The minimum atomic E-state index is -4.07. The number of alkyl halides is 1. The minimum absolute atomic E-state index is 0.0215. The van der Waals surface area contributed by atoms with Crippen LogP contribution in [0, 0.1) is 0 Å². The molecular weight excluding hydrogens is 410 g/mol. The van der Waals surface area contributed by atoms with Crippen molar-refractivity contribution in [2.75, 3.05) is 18.9 Å². The van der Waals surface area contributed by atoms with Crippen LogP contribution in [0.2, 0.25) is 0 Å². The Hall–Kier alpha value is -2.37. The normalized spacial score (nSPS) is 31.2. The van der Waals surface area contributed by atoms with Gasteiger partial charge in [0.05, 0.1) is 13.2 Å². The zero-order valence-corrected chi connectivity index (χ0v) is 16.0. The summed E-state index contributed by atoms with van der Waals surface area (Å²) in [6, 6.07) is 6.78. The van der Waals surface area contributed by atoms with Crippen LogP contribution in [0.5, 0.6) is 5.75 Å². The molecule has 0 amide bonds. The van der Waals surface area contributed by atoms with Crippen molar-refractivity contribution in [1.82, 2.24) is 14.5 Å². The van der Waals surface area contributed by atoms with Crippen LogP contribution in [0.15, 0.2) is 35.4 Å². The summed E-state index contributed by atoms with van der Waals surface area (Å²) < 4.78 is 49.7. The number of hydrogen-bond acceptors (Lipinski definition) is 10. The molecule has 0 aliphatic carbocycles. The van der Waals surface area contributed by atoms with E-state index in [9.17, 15) is 14.5 Å². The Morgan fingerprint density at radius 3 is 2.93 bits per heavy atom. The molecule has 29 heavy (non-hydrogen) atoms. The van der Waals surface area contributed by atoms with Crippen molar-refractivity contribution in [3.63, 3.8) is 0 Å². The Kier molecular flexibility index (Phi) is 4.91. The molecule has 3 N–H and O–H groups in total. The molecule has 3 heterocycles. The van der Waals surface area contributed by atoms with E-state index in [1.54, 1.807) is 24.3 Å². The van der Waals surface area contributed by atoms with E-state index in [1.807, 2.05) is 0 Å². The summed E-state index contributed by atoms with van der Waals surface area (Å²) in [7, 11) is -4.07. The van der Waals surface area contributed by atoms with Crippen LogP contribution in [0.25, 0.3) is 0 Å². The fraction of sp³-hybridized carbons (Fsp3) is 0.438. The molecule has 4 rings (SSSR count). The lowest BCUT2D eigenvalue weighted by molar-refractivity contribution is -0.235. The van der Waals surface area contributed by atoms with E-state index in [-0.39, 0.29) is 25.4 Å². The number of rotatable bonds is 5. The quantitative estimate of drug-likeness (QED) is 0.663. The van der Waals surface area contributed by atoms with E-state index in [0.29, 0.717) is 11.3 Å². The molecule has 0 saturated carbocycles. The SMILES string of the molecule is Nc1ncn([C@@]2(CO)CC[C@@](F)(COP3(=O)OCc4ccccc4O3)O2)c(=O)n1. The van der Waals surface area contributed by atoms with Crippen molar-refractivity contribution >= 4 is 13.8 Å². The Labute approximate surface area is 163 Å². The molecule has 1 fully saturated rings. The van der Waals surface area contributed by atoms with E-state index in [1.165, 1.54) is 0 Å². The maximum atomic E-state index is 15.2. The van der Waals surface area contributed by atoms with Crippen molar-refractivity contribution in [3.8, 4) is 5.75 Å². The highest BCUT2D eigenvalue weighted by molar-refractivity contribution is 7.49. The first-order chi connectivity index (χ1) is 13.8. The number of hydrogen-bond donors (Lipinski definition) is 2. The lowest BCUT2D eigenvalue weighted by Gasteiger charge is -2.31. The summed E-state index contributed by atoms with van der Waals surface area (Å²) in [6.07, 6.45) is 0.659. The zero-order chi connectivity index (χ0) is 20.7. The topological polar surface area (TPSA) is 148 Å². The summed E-state index contributed by atoms with van der Waals surface area (Å²) in [5.74, 6) is -2.42. The minimum Gasteiger partial charge on any atom is -0.404 e. The second-order valence-electron chi connectivity index (χ2n) is 6.65. The molecule has 3 atom stereocenters. The molecule has 11 nitrogen and oxygen atoms in total. The van der Waals surface area contributed by atoms with Gasteiger partial charge in [-0.3, -0.25) is 13.6 Å². The van der Waals surface area contributed by atoms with Crippen LogP contribution in [-0.4, -0.2) is 38.7 Å². The van der Waals surface area contributed by atoms with Crippen molar-refractivity contribution in [3.05, 3.63) is 46.6 Å². The monoisotopic (exact) mass is 428 g/mol. The van der Waals surface area contributed by atoms with Crippen molar-refractivity contribution in [1.29, 1.82) is 0 Å². The van der Waals surface area contributed by atoms with Gasteiger partial charge in [-0.25, -0.2) is 18.7 Å². The second-order valence-corrected chi connectivity index (χ2v) is 8.24. The third-order valence-corrected chi connectivity index (χ3v) is 5.98. The van der Waals surface area contributed by atoms with Crippen molar-refractivity contribution in [2.45, 2.75) is 31.0 Å². The molecule has 0 spiro atoms. The fourth-order valence-electron chi connectivity index (χ4n) is 3.16. The molecular formula is C16H18FN4O7P. The molecule has 2 aliphatic rings. The van der Waals surface area contributed by atoms with Crippen LogP contribution < -0.4 is 15.9 Å². The zero-order valence-electron chi connectivity index (χ0n) is 15.1. The third kappa shape index (κ3) is 3.77. The number of para-hydroxylation sites is 1. The molecule has 156 valence electrons. The number of anilines is 1. The first kappa shape index (κ1) is 19.9. The van der Waals surface area contributed by atoms with Crippen molar-refractivity contribution < 1.29 is 32.4 Å². The highest BCUT2D eigenvalue weighted by atomic mass is 31.2. The van der Waals surface area contributed by atoms with Gasteiger partial charge in [0.2, 0.25) is 11.8 Å². The first-order valence-corrected chi connectivity index (χ1v) is 10.1. The Morgan fingerprint density at radius 2 is 2.17 bits per heavy atom. The lowest BCUT2D eigenvalue weighted by atomic mass is 10.1. The van der Waals surface area contributed by atoms with Gasteiger partial charge >= 0.3 is 13.5 Å². The van der Waals surface area contributed by atoms with E-state index in [2.05, 4.69) is 9.97 Å². The average molecular weight is 428 g/mol. The highest BCUT2D eigenvalue weighted by Gasteiger charge is 2.53. The van der Waals surface area contributed by atoms with E-state index < -0.39 is 38.3 Å². The van der Waals surface area contributed by atoms with Gasteiger partial charge in [0, 0.05) is 18.4 Å². The molecule has 0 radical (unpaired) electrons. The standard InChI is InChI=1S/C16H18FN4O7P/c17-15(9-26-29(24)25-7-11-3-1-2-4-12(11)27-29)5-6-16(8-22,28-15)21-10-19-13(18)20-14(21)23/h1-4,10,22H,5-9H2,(H2,18,20,23)/t15-,16-,29?/m0/s1. The number of aromatic nitrogens is 3. The number of nitrogen functional groups attached to an aromatic ring is 1. The first-order valence-electron chi connectivity index (χ1n) is 8.65. The van der Waals surface area contributed by atoms with Gasteiger partial charge in [-0.15, -0.1) is 0 Å². The Balaban J connectivity index is 1.49. The summed E-state index contributed by atoms with van der Waals surface area (Å²) >= 11 is 0. The Bertz CT molecular complexity index is 1040. The van der Waals surface area contributed by atoms with Gasteiger partial charge in [-0.2, -0.15) is 4.98 Å². The number of nitrogens with two attached hydrogens (primary N) is 1. The van der Waals surface area contributed by atoms with Gasteiger partial charge in [-0.05, 0) is 6.07 Å². The Morgan fingerprint density at radius 1 is 1.38 bits per heavy atom. The van der Waals surface area contributed by atoms with Crippen LogP contribution in [0.4, 0.5) is 10.3 Å².